The smallest absolute Gasteiger partial charge is 0.203 e. The van der Waals surface area contributed by atoms with Crippen molar-refractivity contribution in [2.45, 2.75) is 13.0 Å². The van der Waals surface area contributed by atoms with Crippen LogP contribution >= 0.6 is 0 Å². The minimum absolute atomic E-state index is 0.0848. The van der Waals surface area contributed by atoms with Crippen LogP contribution < -0.4 is 23.7 Å². The van der Waals surface area contributed by atoms with E-state index in [-0.39, 0.29) is 12.2 Å². The molecule has 0 fully saturated rings. The maximum atomic E-state index is 13.0. The molecule has 6 nitrogen and oxygen atoms in total. The molecule has 0 saturated carbocycles. The number of ketones is 1. The number of benzene rings is 3. The summed E-state index contributed by atoms with van der Waals surface area (Å²) >= 11 is 0. The molecule has 0 N–H and O–H groups in total. The number of carbonyl (C=O) groups excluding carboxylic acids is 1. The lowest BCUT2D eigenvalue weighted by Gasteiger charge is -2.14. The lowest BCUT2D eigenvalue weighted by atomic mass is 10.0. The normalized spacial score (nSPS) is 10.3. The van der Waals surface area contributed by atoms with Gasteiger partial charge in [-0.3, -0.25) is 4.79 Å². The minimum Gasteiger partial charge on any atom is -0.493 e. The Morgan fingerprint density at radius 2 is 1.32 bits per heavy atom. The van der Waals surface area contributed by atoms with Crippen LogP contribution in [-0.4, -0.2) is 34.2 Å². The number of rotatable bonds is 10. The molecule has 0 heterocycles. The Kier molecular flexibility index (Phi) is 7.38. The topological polar surface area (TPSA) is 63.2 Å². The van der Waals surface area contributed by atoms with Crippen LogP contribution in [0.3, 0.4) is 0 Å². The maximum absolute atomic E-state index is 13.0. The molecule has 0 spiro atoms. The van der Waals surface area contributed by atoms with E-state index in [0.717, 1.165) is 11.1 Å². The van der Waals surface area contributed by atoms with E-state index in [1.54, 1.807) is 25.3 Å². The summed E-state index contributed by atoms with van der Waals surface area (Å²) in [7, 11) is 6.15. The van der Waals surface area contributed by atoms with Crippen molar-refractivity contribution in [1.29, 1.82) is 0 Å². The van der Waals surface area contributed by atoms with Gasteiger partial charge in [-0.05, 0) is 35.4 Å². The van der Waals surface area contributed by atoms with Crippen LogP contribution in [0, 0.1) is 0 Å². The van der Waals surface area contributed by atoms with Gasteiger partial charge >= 0.3 is 0 Å². The lowest BCUT2D eigenvalue weighted by Crippen LogP contribution is -2.06. The molecule has 3 aromatic carbocycles. The first kappa shape index (κ1) is 22.0. The van der Waals surface area contributed by atoms with Gasteiger partial charge in [-0.25, -0.2) is 0 Å². The summed E-state index contributed by atoms with van der Waals surface area (Å²) in [5.74, 6) is 2.43. The molecule has 3 rings (SSSR count). The first-order valence-electron chi connectivity index (χ1n) is 9.76. The van der Waals surface area contributed by atoms with Crippen molar-refractivity contribution < 1.29 is 28.5 Å². The van der Waals surface area contributed by atoms with Crippen molar-refractivity contribution in [3.8, 4) is 28.7 Å². The number of carbonyl (C=O) groups is 1. The molecule has 0 bridgehead atoms. The predicted octanol–water partition coefficient (Wildman–Crippen LogP) is 4.73. The molecule has 0 aromatic heterocycles. The average molecular weight is 422 g/mol. The summed E-state index contributed by atoms with van der Waals surface area (Å²) in [6.07, 6.45) is 0.185. The van der Waals surface area contributed by atoms with Gasteiger partial charge in [-0.2, -0.15) is 0 Å². The fourth-order valence-corrected chi connectivity index (χ4v) is 3.21. The molecule has 6 heteroatoms. The van der Waals surface area contributed by atoms with Crippen LogP contribution in [0.4, 0.5) is 0 Å². The zero-order valence-corrected chi connectivity index (χ0v) is 18.1. The Balaban J connectivity index is 1.81. The highest BCUT2D eigenvalue weighted by Gasteiger charge is 2.18. The average Bonchev–Trinajstić information content (AvgIpc) is 2.82. The van der Waals surface area contributed by atoms with Crippen molar-refractivity contribution >= 4 is 5.78 Å². The predicted molar refractivity (Wildman–Crippen MR) is 118 cm³/mol. The monoisotopic (exact) mass is 422 g/mol. The molecule has 3 aromatic rings. The van der Waals surface area contributed by atoms with Gasteiger partial charge in [-0.15, -0.1) is 0 Å². The van der Waals surface area contributed by atoms with E-state index in [1.165, 1.54) is 21.3 Å². The fourth-order valence-electron chi connectivity index (χ4n) is 3.21. The summed E-state index contributed by atoms with van der Waals surface area (Å²) in [6.45, 7) is 0.404. The van der Waals surface area contributed by atoms with E-state index < -0.39 is 0 Å². The third kappa shape index (κ3) is 5.28. The third-order valence-electron chi connectivity index (χ3n) is 4.82. The summed E-state index contributed by atoms with van der Waals surface area (Å²) in [5.41, 5.74) is 2.32. The van der Waals surface area contributed by atoms with Crippen molar-refractivity contribution in [1.82, 2.24) is 0 Å². The second-order valence-corrected chi connectivity index (χ2v) is 6.77. The van der Waals surface area contributed by atoms with Crippen molar-refractivity contribution in [2.75, 3.05) is 28.4 Å². The third-order valence-corrected chi connectivity index (χ3v) is 4.82. The van der Waals surface area contributed by atoms with Crippen LogP contribution in [-0.2, 0) is 13.0 Å². The SMILES string of the molecule is COc1ccc(CC(=O)c2cc(OC)c(OC)c(OC)c2)cc1OCc1ccccc1. The second kappa shape index (κ2) is 10.4. The van der Waals surface area contributed by atoms with Gasteiger partial charge in [0.1, 0.15) is 6.61 Å². The summed E-state index contributed by atoms with van der Waals surface area (Å²) in [4.78, 5) is 13.0. The molecular weight excluding hydrogens is 396 g/mol. The van der Waals surface area contributed by atoms with Crippen LogP contribution in [0.15, 0.2) is 60.7 Å². The standard InChI is InChI=1S/C25H26O6/c1-27-21-11-10-18(13-22(21)31-16-17-8-6-5-7-9-17)12-20(26)19-14-23(28-2)25(30-4)24(15-19)29-3/h5-11,13-15H,12,16H2,1-4H3. The number of methoxy groups -OCH3 is 4. The molecule has 31 heavy (non-hydrogen) atoms. The first-order chi connectivity index (χ1) is 15.1. The number of hydrogen-bond donors (Lipinski definition) is 0. The Morgan fingerprint density at radius 3 is 1.90 bits per heavy atom. The molecule has 0 aliphatic heterocycles. The number of ether oxygens (including phenoxy) is 5. The van der Waals surface area contributed by atoms with Crippen molar-refractivity contribution in [3.63, 3.8) is 0 Å². The molecule has 0 amide bonds. The van der Waals surface area contributed by atoms with Gasteiger partial charge in [0, 0.05) is 12.0 Å². The highest BCUT2D eigenvalue weighted by atomic mass is 16.5. The fraction of sp³-hybridized carbons (Fsp3) is 0.240. The zero-order chi connectivity index (χ0) is 22.2. The first-order valence-corrected chi connectivity index (χ1v) is 9.76. The number of Topliss-reactive ketones (excluding diaryl/α,β-unsaturated/α-hetero) is 1. The van der Waals surface area contributed by atoms with E-state index in [2.05, 4.69) is 0 Å². The van der Waals surface area contributed by atoms with E-state index >= 15 is 0 Å². The Morgan fingerprint density at radius 1 is 0.677 bits per heavy atom. The Labute approximate surface area is 182 Å². The van der Waals surface area contributed by atoms with Gasteiger partial charge in [-0.1, -0.05) is 36.4 Å². The summed E-state index contributed by atoms with van der Waals surface area (Å²) in [5, 5.41) is 0. The van der Waals surface area contributed by atoms with E-state index in [9.17, 15) is 4.79 Å². The molecule has 0 aliphatic rings. The lowest BCUT2D eigenvalue weighted by molar-refractivity contribution is 0.0992. The summed E-state index contributed by atoms with van der Waals surface area (Å²) < 4.78 is 27.4. The largest absolute Gasteiger partial charge is 0.493 e. The van der Waals surface area contributed by atoms with E-state index in [4.69, 9.17) is 23.7 Å². The molecule has 162 valence electrons. The van der Waals surface area contributed by atoms with Crippen LogP contribution in [0.25, 0.3) is 0 Å². The van der Waals surface area contributed by atoms with Crippen LogP contribution in [0.1, 0.15) is 21.5 Å². The van der Waals surface area contributed by atoms with E-state index in [0.29, 0.717) is 40.9 Å². The van der Waals surface area contributed by atoms with Gasteiger partial charge in [0.2, 0.25) is 5.75 Å². The minimum atomic E-state index is -0.0848. The molecule has 0 unspecified atom stereocenters. The highest BCUT2D eigenvalue weighted by molar-refractivity contribution is 5.98. The quantitative estimate of drug-likeness (QED) is 0.441. The second-order valence-electron chi connectivity index (χ2n) is 6.77. The Hall–Kier alpha value is -3.67. The van der Waals surface area contributed by atoms with Crippen LogP contribution in [0.2, 0.25) is 0 Å². The van der Waals surface area contributed by atoms with Gasteiger partial charge in [0.25, 0.3) is 0 Å². The molecule has 0 atom stereocenters. The van der Waals surface area contributed by atoms with Gasteiger partial charge in [0.15, 0.2) is 28.8 Å². The summed E-state index contributed by atoms with van der Waals surface area (Å²) in [6, 6.07) is 18.7. The van der Waals surface area contributed by atoms with Gasteiger partial charge in [0.05, 0.1) is 28.4 Å². The molecule has 0 saturated heterocycles. The zero-order valence-electron chi connectivity index (χ0n) is 18.1. The molecule has 0 aliphatic carbocycles. The van der Waals surface area contributed by atoms with Gasteiger partial charge < -0.3 is 23.7 Å². The van der Waals surface area contributed by atoms with Crippen molar-refractivity contribution in [2.24, 2.45) is 0 Å². The molecular formula is C25H26O6. The number of hydrogen-bond acceptors (Lipinski definition) is 6. The van der Waals surface area contributed by atoms with E-state index in [1.807, 2.05) is 42.5 Å². The van der Waals surface area contributed by atoms with Crippen molar-refractivity contribution in [3.05, 3.63) is 77.4 Å². The maximum Gasteiger partial charge on any atom is 0.203 e. The Bertz CT molecular complexity index is 1000. The molecule has 0 radical (unpaired) electrons. The highest BCUT2D eigenvalue weighted by Crippen LogP contribution is 2.38. The van der Waals surface area contributed by atoms with Crippen LogP contribution in [0.5, 0.6) is 28.7 Å².